The van der Waals surface area contributed by atoms with E-state index in [9.17, 15) is 4.79 Å². The summed E-state index contributed by atoms with van der Waals surface area (Å²) in [5.74, 6) is 1.55. The van der Waals surface area contributed by atoms with Crippen LogP contribution in [0.25, 0.3) is 0 Å². The van der Waals surface area contributed by atoms with Gasteiger partial charge in [-0.1, -0.05) is 27.7 Å². The molecule has 0 atom stereocenters. The molecule has 0 spiro atoms. The molecule has 2 N–H and O–H groups in total. The summed E-state index contributed by atoms with van der Waals surface area (Å²) in [5.41, 5.74) is 0.920. The number of rotatable bonds is 7. The van der Waals surface area contributed by atoms with Crippen LogP contribution in [-0.2, 0) is 6.54 Å². The summed E-state index contributed by atoms with van der Waals surface area (Å²) in [7, 11) is 0. The summed E-state index contributed by atoms with van der Waals surface area (Å²) < 4.78 is 5.19. The van der Waals surface area contributed by atoms with Gasteiger partial charge in [0.25, 0.3) is 0 Å². The molecular weight excluding hydrogens is 242 g/mol. The van der Waals surface area contributed by atoms with Crippen LogP contribution < -0.4 is 5.32 Å². The Morgan fingerprint density at radius 2 is 1.89 bits per heavy atom. The lowest BCUT2D eigenvalue weighted by Crippen LogP contribution is -2.29. The minimum atomic E-state index is -1.02. The number of hydrogen-bond donors (Lipinski definition) is 2. The summed E-state index contributed by atoms with van der Waals surface area (Å²) >= 11 is 0. The highest BCUT2D eigenvalue weighted by atomic mass is 16.4. The van der Waals surface area contributed by atoms with Crippen molar-refractivity contribution in [3.05, 3.63) is 23.2 Å². The van der Waals surface area contributed by atoms with Crippen molar-refractivity contribution in [2.75, 3.05) is 6.54 Å². The van der Waals surface area contributed by atoms with E-state index in [-0.39, 0.29) is 5.76 Å². The van der Waals surface area contributed by atoms with Crippen molar-refractivity contribution in [2.24, 2.45) is 17.8 Å². The van der Waals surface area contributed by atoms with Crippen LogP contribution in [0.2, 0.25) is 0 Å². The number of carboxylic acid groups (broad SMARTS) is 1. The third-order valence-electron chi connectivity index (χ3n) is 3.64. The quantitative estimate of drug-likeness (QED) is 0.795. The van der Waals surface area contributed by atoms with Crippen molar-refractivity contribution in [3.63, 3.8) is 0 Å². The first-order chi connectivity index (χ1) is 8.82. The molecule has 4 heteroatoms. The van der Waals surface area contributed by atoms with E-state index in [1.54, 1.807) is 13.0 Å². The van der Waals surface area contributed by atoms with E-state index < -0.39 is 5.97 Å². The normalized spacial score (nSPS) is 11.8. The van der Waals surface area contributed by atoms with E-state index in [2.05, 4.69) is 33.0 Å². The number of carboxylic acids is 1. The Bertz CT molecular complexity index is 413. The van der Waals surface area contributed by atoms with Crippen molar-refractivity contribution >= 4 is 5.97 Å². The number of aromatic carboxylic acids is 1. The van der Waals surface area contributed by atoms with Gasteiger partial charge in [0.15, 0.2) is 0 Å². The maximum absolute atomic E-state index is 10.8. The van der Waals surface area contributed by atoms with Crippen LogP contribution in [-0.4, -0.2) is 17.6 Å². The smallest absolute Gasteiger partial charge is 0.371 e. The molecule has 108 valence electrons. The van der Waals surface area contributed by atoms with Crippen molar-refractivity contribution in [3.8, 4) is 0 Å². The molecule has 0 bridgehead atoms. The molecule has 1 aromatic heterocycles. The van der Waals surface area contributed by atoms with Gasteiger partial charge in [0.2, 0.25) is 5.76 Å². The van der Waals surface area contributed by atoms with E-state index in [0.717, 1.165) is 12.1 Å². The van der Waals surface area contributed by atoms with Gasteiger partial charge in [-0.15, -0.1) is 0 Å². The number of nitrogens with one attached hydrogen (secondary N) is 1. The Hall–Kier alpha value is -1.29. The van der Waals surface area contributed by atoms with Crippen LogP contribution in [0.5, 0.6) is 0 Å². The van der Waals surface area contributed by atoms with Gasteiger partial charge in [0.1, 0.15) is 5.76 Å². The first kappa shape index (κ1) is 15.8. The predicted molar refractivity (Wildman–Crippen MR) is 75.3 cm³/mol. The molecule has 0 fully saturated rings. The highest BCUT2D eigenvalue weighted by molar-refractivity contribution is 5.84. The van der Waals surface area contributed by atoms with Gasteiger partial charge in [-0.3, -0.25) is 0 Å². The second-order valence-corrected chi connectivity index (χ2v) is 5.78. The number of carbonyl (C=O) groups is 1. The maximum atomic E-state index is 10.8. The molecule has 1 heterocycles. The average Bonchev–Trinajstić information content (AvgIpc) is 2.65. The molecule has 0 aromatic carbocycles. The maximum Gasteiger partial charge on any atom is 0.371 e. The highest BCUT2D eigenvalue weighted by Gasteiger charge is 2.18. The van der Waals surface area contributed by atoms with Crippen molar-refractivity contribution in [1.82, 2.24) is 5.32 Å². The molecule has 1 rings (SSSR count). The minimum absolute atomic E-state index is 0.0126. The summed E-state index contributed by atoms with van der Waals surface area (Å²) in [5, 5.41) is 12.3. The van der Waals surface area contributed by atoms with E-state index in [0.29, 0.717) is 30.1 Å². The zero-order chi connectivity index (χ0) is 14.6. The number of hydrogen-bond acceptors (Lipinski definition) is 3. The Labute approximate surface area is 115 Å². The number of furan rings is 1. The molecule has 0 amide bonds. The van der Waals surface area contributed by atoms with E-state index >= 15 is 0 Å². The van der Waals surface area contributed by atoms with Gasteiger partial charge in [0, 0.05) is 12.1 Å². The summed E-state index contributed by atoms with van der Waals surface area (Å²) in [6.07, 6.45) is 0. The van der Waals surface area contributed by atoms with Crippen LogP contribution in [0.1, 0.15) is 49.6 Å². The monoisotopic (exact) mass is 267 g/mol. The molecule has 4 nitrogen and oxygen atoms in total. The summed E-state index contributed by atoms with van der Waals surface area (Å²) in [6, 6.07) is 1.60. The standard InChI is InChI=1S/C15H25NO3/c1-9(2)13(10(3)4)8-16-7-12-6-14(15(17)18)19-11(12)5/h6,9-10,13,16H,7-8H2,1-5H3,(H,17,18). The Kier molecular flexibility index (Phi) is 5.60. The van der Waals surface area contributed by atoms with E-state index in [1.807, 2.05) is 0 Å². The fourth-order valence-corrected chi connectivity index (χ4v) is 2.42. The van der Waals surface area contributed by atoms with Gasteiger partial charge in [0.05, 0.1) is 0 Å². The van der Waals surface area contributed by atoms with Crippen LogP contribution in [0.4, 0.5) is 0 Å². The SMILES string of the molecule is Cc1oc(C(=O)O)cc1CNCC(C(C)C)C(C)C. The van der Waals surface area contributed by atoms with Crippen molar-refractivity contribution in [2.45, 2.75) is 41.2 Å². The molecule has 0 aliphatic heterocycles. The molecule has 0 aliphatic rings. The van der Waals surface area contributed by atoms with E-state index in [4.69, 9.17) is 9.52 Å². The van der Waals surface area contributed by atoms with Gasteiger partial charge in [-0.25, -0.2) is 4.79 Å². The summed E-state index contributed by atoms with van der Waals surface area (Å²) in [4.78, 5) is 10.8. The van der Waals surface area contributed by atoms with Crippen molar-refractivity contribution < 1.29 is 14.3 Å². The van der Waals surface area contributed by atoms with Crippen LogP contribution >= 0.6 is 0 Å². The van der Waals surface area contributed by atoms with Gasteiger partial charge in [-0.2, -0.15) is 0 Å². The van der Waals surface area contributed by atoms with Gasteiger partial charge < -0.3 is 14.8 Å². The second-order valence-electron chi connectivity index (χ2n) is 5.78. The topological polar surface area (TPSA) is 62.5 Å². The Morgan fingerprint density at radius 1 is 1.32 bits per heavy atom. The molecule has 19 heavy (non-hydrogen) atoms. The van der Waals surface area contributed by atoms with Crippen molar-refractivity contribution in [1.29, 1.82) is 0 Å². The van der Waals surface area contributed by atoms with Crippen LogP contribution in [0.3, 0.4) is 0 Å². The lowest BCUT2D eigenvalue weighted by molar-refractivity contribution is 0.0661. The lowest BCUT2D eigenvalue weighted by atomic mass is 9.85. The first-order valence-corrected chi connectivity index (χ1v) is 6.86. The third kappa shape index (κ3) is 4.39. The molecule has 1 aromatic rings. The summed E-state index contributed by atoms with van der Waals surface area (Å²) in [6.45, 7) is 12.3. The van der Waals surface area contributed by atoms with Crippen LogP contribution in [0.15, 0.2) is 10.5 Å². The Morgan fingerprint density at radius 3 is 2.32 bits per heavy atom. The van der Waals surface area contributed by atoms with E-state index in [1.165, 1.54) is 0 Å². The highest BCUT2D eigenvalue weighted by Crippen LogP contribution is 2.20. The fraction of sp³-hybridized carbons (Fsp3) is 0.667. The molecule has 0 saturated heterocycles. The lowest BCUT2D eigenvalue weighted by Gasteiger charge is -2.25. The molecule has 0 aliphatic carbocycles. The number of aryl methyl sites for hydroxylation is 1. The van der Waals surface area contributed by atoms with Gasteiger partial charge in [-0.05, 0) is 37.3 Å². The molecule has 0 unspecified atom stereocenters. The zero-order valence-electron chi connectivity index (χ0n) is 12.5. The largest absolute Gasteiger partial charge is 0.475 e. The van der Waals surface area contributed by atoms with Crippen LogP contribution in [0, 0.1) is 24.7 Å². The molecular formula is C15H25NO3. The molecule has 0 saturated carbocycles. The zero-order valence-corrected chi connectivity index (χ0v) is 12.5. The minimum Gasteiger partial charge on any atom is -0.475 e. The second kappa shape index (κ2) is 6.75. The third-order valence-corrected chi connectivity index (χ3v) is 3.64. The van der Waals surface area contributed by atoms with Gasteiger partial charge >= 0.3 is 5.97 Å². The Balaban J connectivity index is 2.55. The average molecular weight is 267 g/mol. The molecule has 0 radical (unpaired) electrons. The fourth-order valence-electron chi connectivity index (χ4n) is 2.42. The first-order valence-electron chi connectivity index (χ1n) is 6.86. The predicted octanol–water partition coefficient (Wildman–Crippen LogP) is 3.30.